The molecule has 22 heavy (non-hydrogen) atoms. The molecule has 3 nitrogen and oxygen atoms in total. The smallest absolute Gasteiger partial charge is 0.506 e. The molecule has 0 bridgehead atoms. The van der Waals surface area contributed by atoms with Crippen molar-refractivity contribution in [3.05, 3.63) is 42.1 Å². The second-order valence-electron chi connectivity index (χ2n) is 4.17. The van der Waals surface area contributed by atoms with Crippen molar-refractivity contribution < 1.29 is 36.2 Å². The highest BCUT2D eigenvalue weighted by Crippen LogP contribution is 2.36. The van der Waals surface area contributed by atoms with Crippen LogP contribution < -0.4 is 4.74 Å². The molecule has 0 atom stereocenters. The molecule has 1 aromatic heterocycles. The van der Waals surface area contributed by atoms with E-state index in [1.54, 1.807) is 0 Å². The molecule has 9 heteroatoms. The van der Waals surface area contributed by atoms with Crippen LogP contribution in [0.15, 0.2) is 36.5 Å². The number of hydrogen-bond acceptors (Lipinski definition) is 3. The molecule has 0 aliphatic heterocycles. The van der Waals surface area contributed by atoms with Gasteiger partial charge in [0.2, 0.25) is 0 Å². The number of nitrogens with zero attached hydrogens (tertiary/aromatic N) is 1. The Labute approximate surface area is 119 Å². The zero-order valence-corrected chi connectivity index (χ0v) is 10.5. The van der Waals surface area contributed by atoms with Crippen molar-refractivity contribution >= 4 is 0 Å². The van der Waals surface area contributed by atoms with Crippen molar-refractivity contribution in [2.45, 2.75) is 12.5 Å². The fourth-order valence-corrected chi connectivity index (χ4v) is 1.67. The Kier molecular flexibility index (Phi) is 3.90. The third kappa shape index (κ3) is 3.80. The Morgan fingerprint density at radius 2 is 1.68 bits per heavy atom. The molecule has 2 aromatic rings. The molecular weight excluding hydrogens is 316 g/mol. The minimum Gasteiger partial charge on any atom is -0.506 e. The van der Waals surface area contributed by atoms with E-state index in [1.165, 1.54) is 12.1 Å². The summed E-state index contributed by atoms with van der Waals surface area (Å²) < 4.78 is 77.4. The third-order valence-corrected chi connectivity index (χ3v) is 2.54. The van der Waals surface area contributed by atoms with Crippen LogP contribution in [0.5, 0.6) is 11.5 Å². The average Bonchev–Trinajstić information content (AvgIpc) is 2.35. The van der Waals surface area contributed by atoms with E-state index in [9.17, 15) is 31.4 Å². The number of ether oxygens (including phenoxy) is 1. The van der Waals surface area contributed by atoms with Gasteiger partial charge in [-0.3, -0.25) is 4.98 Å². The first-order valence-electron chi connectivity index (χ1n) is 5.68. The fourth-order valence-electron chi connectivity index (χ4n) is 1.67. The quantitative estimate of drug-likeness (QED) is 0.835. The summed E-state index contributed by atoms with van der Waals surface area (Å²) in [6.07, 6.45) is -9.12. The van der Waals surface area contributed by atoms with E-state index in [4.69, 9.17) is 0 Å². The van der Waals surface area contributed by atoms with Crippen LogP contribution in [0.3, 0.4) is 0 Å². The largest absolute Gasteiger partial charge is 0.573 e. The topological polar surface area (TPSA) is 42.4 Å². The van der Waals surface area contributed by atoms with E-state index in [0.717, 1.165) is 12.1 Å². The molecule has 0 saturated carbocycles. The fraction of sp³-hybridized carbons (Fsp3) is 0.154. The van der Waals surface area contributed by atoms with E-state index in [1.807, 2.05) is 0 Å². The van der Waals surface area contributed by atoms with Gasteiger partial charge in [0.15, 0.2) is 0 Å². The SMILES string of the molecule is Oc1cc(C(F)(F)F)cnc1-c1cccc(OC(F)(F)F)c1. The van der Waals surface area contributed by atoms with Crippen LogP contribution >= 0.6 is 0 Å². The van der Waals surface area contributed by atoms with Crippen molar-refractivity contribution in [3.63, 3.8) is 0 Å². The molecule has 0 fully saturated rings. The molecule has 0 amide bonds. The van der Waals surface area contributed by atoms with Crippen LogP contribution in [0.1, 0.15) is 5.56 Å². The lowest BCUT2D eigenvalue weighted by Gasteiger charge is -2.11. The highest BCUT2D eigenvalue weighted by Gasteiger charge is 2.32. The lowest BCUT2D eigenvalue weighted by molar-refractivity contribution is -0.274. The van der Waals surface area contributed by atoms with Gasteiger partial charge in [-0.05, 0) is 18.2 Å². The zero-order chi connectivity index (χ0) is 16.5. The van der Waals surface area contributed by atoms with Gasteiger partial charge in [-0.25, -0.2) is 0 Å². The number of benzene rings is 1. The Morgan fingerprint density at radius 1 is 1.00 bits per heavy atom. The van der Waals surface area contributed by atoms with Gasteiger partial charge in [0.25, 0.3) is 0 Å². The van der Waals surface area contributed by atoms with Crippen molar-refractivity contribution in [2.24, 2.45) is 0 Å². The lowest BCUT2D eigenvalue weighted by Crippen LogP contribution is -2.17. The summed E-state index contributed by atoms with van der Waals surface area (Å²) in [6.45, 7) is 0. The Bertz CT molecular complexity index is 681. The molecule has 0 radical (unpaired) electrons. The van der Waals surface area contributed by atoms with Gasteiger partial charge >= 0.3 is 12.5 Å². The molecule has 118 valence electrons. The molecule has 1 N–H and O–H groups in total. The summed E-state index contributed by atoms with van der Waals surface area (Å²) in [7, 11) is 0. The molecular formula is C13H7F6NO2. The first-order valence-corrected chi connectivity index (χ1v) is 5.68. The van der Waals surface area contributed by atoms with Crippen LogP contribution in [0.2, 0.25) is 0 Å². The van der Waals surface area contributed by atoms with Gasteiger partial charge in [0.05, 0.1) is 5.56 Å². The maximum absolute atomic E-state index is 12.5. The summed E-state index contributed by atoms with van der Waals surface area (Å²) in [5.41, 5.74) is -1.48. The van der Waals surface area contributed by atoms with Crippen LogP contribution in [-0.2, 0) is 6.18 Å². The molecule has 0 spiro atoms. The molecule has 1 aromatic carbocycles. The van der Waals surface area contributed by atoms with E-state index < -0.39 is 29.6 Å². The van der Waals surface area contributed by atoms with E-state index in [2.05, 4.69) is 9.72 Å². The standard InChI is InChI=1S/C13H7F6NO2/c14-12(15,16)8-5-10(21)11(20-6-8)7-2-1-3-9(4-7)22-13(17,18)19/h1-6,21H. The second kappa shape index (κ2) is 5.39. The normalized spacial score (nSPS) is 12.3. The van der Waals surface area contributed by atoms with Crippen molar-refractivity contribution in [3.8, 4) is 22.8 Å². The highest BCUT2D eigenvalue weighted by molar-refractivity contribution is 5.67. The number of pyridine rings is 1. The molecule has 0 saturated heterocycles. The maximum atomic E-state index is 12.5. The summed E-state index contributed by atoms with van der Waals surface area (Å²) in [5, 5.41) is 9.61. The summed E-state index contributed by atoms with van der Waals surface area (Å²) >= 11 is 0. The summed E-state index contributed by atoms with van der Waals surface area (Å²) in [4.78, 5) is 3.45. The van der Waals surface area contributed by atoms with Crippen molar-refractivity contribution in [1.29, 1.82) is 0 Å². The number of alkyl halides is 6. The first kappa shape index (κ1) is 15.9. The number of aromatic nitrogens is 1. The van der Waals surface area contributed by atoms with Gasteiger partial charge in [-0.15, -0.1) is 13.2 Å². The van der Waals surface area contributed by atoms with Crippen LogP contribution in [0.25, 0.3) is 11.3 Å². The molecule has 0 aliphatic carbocycles. The molecule has 0 aliphatic rings. The van der Waals surface area contributed by atoms with Gasteiger partial charge in [-0.1, -0.05) is 12.1 Å². The van der Waals surface area contributed by atoms with E-state index in [-0.39, 0.29) is 11.3 Å². The van der Waals surface area contributed by atoms with Crippen molar-refractivity contribution in [1.82, 2.24) is 4.98 Å². The van der Waals surface area contributed by atoms with Gasteiger partial charge < -0.3 is 9.84 Å². The predicted molar refractivity (Wildman–Crippen MR) is 63.0 cm³/mol. The monoisotopic (exact) mass is 323 g/mol. The Balaban J connectivity index is 2.38. The van der Waals surface area contributed by atoms with Crippen LogP contribution in [0, 0.1) is 0 Å². The minimum absolute atomic E-state index is 0.0204. The average molecular weight is 323 g/mol. The number of hydrogen-bond donors (Lipinski definition) is 1. The van der Waals surface area contributed by atoms with Crippen LogP contribution in [-0.4, -0.2) is 16.5 Å². The Hall–Kier alpha value is -2.45. The Morgan fingerprint density at radius 3 is 2.23 bits per heavy atom. The molecule has 0 unspecified atom stereocenters. The summed E-state index contributed by atoms with van der Waals surface area (Å²) in [5.74, 6) is -1.38. The minimum atomic E-state index is -4.91. The zero-order valence-electron chi connectivity index (χ0n) is 10.5. The number of halogens is 6. The lowest BCUT2D eigenvalue weighted by atomic mass is 10.1. The number of aromatic hydroxyl groups is 1. The maximum Gasteiger partial charge on any atom is 0.573 e. The first-order chi connectivity index (χ1) is 10.1. The van der Waals surface area contributed by atoms with Crippen molar-refractivity contribution in [2.75, 3.05) is 0 Å². The predicted octanol–water partition coefficient (Wildman–Crippen LogP) is 4.37. The second-order valence-corrected chi connectivity index (χ2v) is 4.17. The highest BCUT2D eigenvalue weighted by atomic mass is 19.4. The van der Waals surface area contributed by atoms with Gasteiger partial charge in [-0.2, -0.15) is 13.2 Å². The number of rotatable bonds is 2. The summed E-state index contributed by atoms with van der Waals surface area (Å²) in [6, 6.07) is 4.83. The molecule has 2 rings (SSSR count). The molecule has 1 heterocycles. The van der Waals surface area contributed by atoms with Gasteiger partial charge in [0, 0.05) is 11.8 Å². The third-order valence-electron chi connectivity index (χ3n) is 2.54. The van der Waals surface area contributed by atoms with E-state index in [0.29, 0.717) is 12.3 Å². The van der Waals surface area contributed by atoms with E-state index >= 15 is 0 Å². The van der Waals surface area contributed by atoms with Crippen LogP contribution in [0.4, 0.5) is 26.3 Å². The van der Waals surface area contributed by atoms with Gasteiger partial charge in [0.1, 0.15) is 17.2 Å².